The van der Waals surface area contributed by atoms with E-state index in [0.29, 0.717) is 31.0 Å². The van der Waals surface area contributed by atoms with E-state index in [9.17, 15) is 10.1 Å². The summed E-state index contributed by atoms with van der Waals surface area (Å²) in [6.45, 7) is 5.14. The average molecular weight is 379 g/mol. The number of halogens is 1. The smallest absolute Gasteiger partial charge is 0.242 e. The van der Waals surface area contributed by atoms with Crippen LogP contribution in [0.5, 0.6) is 0 Å². The standard InChI is InChI=1S/C19H27ClN4O2/c1-14-10-16(20)11-15(2)17(14)12-18(25)24(22(3)4)19(13-21)6-8-23(26-5)9-7-19/h10-11H,6-9,12H2,1-5H3. The minimum atomic E-state index is -0.857. The molecule has 1 aromatic rings. The number of benzene rings is 1. The van der Waals surface area contributed by atoms with Crippen molar-refractivity contribution in [3.05, 3.63) is 33.8 Å². The van der Waals surface area contributed by atoms with Crippen LogP contribution < -0.4 is 0 Å². The molecule has 1 aliphatic rings. The van der Waals surface area contributed by atoms with Crippen LogP contribution >= 0.6 is 11.6 Å². The third kappa shape index (κ3) is 4.18. The van der Waals surface area contributed by atoms with Crippen LogP contribution in [0.1, 0.15) is 29.5 Å². The van der Waals surface area contributed by atoms with E-state index in [4.69, 9.17) is 16.4 Å². The Bertz CT molecular complexity index is 683. The van der Waals surface area contributed by atoms with Gasteiger partial charge in [0.05, 0.1) is 19.6 Å². The second kappa shape index (κ2) is 8.36. The minimum absolute atomic E-state index is 0.0871. The zero-order valence-electron chi connectivity index (χ0n) is 16.2. The summed E-state index contributed by atoms with van der Waals surface area (Å²) < 4.78 is 0. The van der Waals surface area contributed by atoms with E-state index in [1.807, 2.05) is 31.0 Å². The fraction of sp³-hybridized carbons (Fsp3) is 0.579. The first-order valence-corrected chi connectivity index (χ1v) is 9.08. The maximum absolute atomic E-state index is 13.2. The average Bonchev–Trinajstić information content (AvgIpc) is 2.58. The van der Waals surface area contributed by atoms with Crippen molar-refractivity contribution in [2.45, 2.75) is 38.6 Å². The van der Waals surface area contributed by atoms with Gasteiger partial charge < -0.3 is 4.84 Å². The van der Waals surface area contributed by atoms with E-state index in [1.54, 1.807) is 31.2 Å². The van der Waals surface area contributed by atoms with E-state index in [0.717, 1.165) is 16.7 Å². The molecule has 0 radical (unpaired) electrons. The SMILES string of the molecule is CON1CCC(C#N)(N(C(=O)Cc2c(C)cc(Cl)cc2C)N(C)C)CC1. The Balaban J connectivity index is 2.30. The molecular weight excluding hydrogens is 352 g/mol. The molecule has 7 heteroatoms. The molecule has 1 aliphatic heterocycles. The molecule has 1 heterocycles. The molecule has 1 aromatic carbocycles. The van der Waals surface area contributed by atoms with Gasteiger partial charge in [0.2, 0.25) is 5.91 Å². The first-order valence-electron chi connectivity index (χ1n) is 8.70. The summed E-state index contributed by atoms with van der Waals surface area (Å²) in [5, 5.41) is 15.8. The van der Waals surface area contributed by atoms with Crippen LogP contribution in [0.4, 0.5) is 0 Å². The van der Waals surface area contributed by atoms with Crippen molar-refractivity contribution in [3.8, 4) is 6.07 Å². The molecule has 1 amide bonds. The summed E-state index contributed by atoms with van der Waals surface area (Å²) in [5.41, 5.74) is 2.09. The van der Waals surface area contributed by atoms with Crippen molar-refractivity contribution in [2.24, 2.45) is 0 Å². The number of hydroxylamine groups is 2. The Morgan fingerprint density at radius 1 is 1.31 bits per heavy atom. The molecule has 26 heavy (non-hydrogen) atoms. The molecule has 142 valence electrons. The summed E-state index contributed by atoms with van der Waals surface area (Å²) >= 11 is 6.10. The Morgan fingerprint density at radius 2 is 1.85 bits per heavy atom. The molecule has 2 rings (SSSR count). The predicted molar refractivity (Wildman–Crippen MR) is 101 cm³/mol. The lowest BCUT2D eigenvalue weighted by Crippen LogP contribution is -2.61. The molecule has 0 unspecified atom stereocenters. The third-order valence-electron chi connectivity index (χ3n) is 5.05. The van der Waals surface area contributed by atoms with Crippen LogP contribution in [0.3, 0.4) is 0 Å². The second-order valence-electron chi connectivity index (χ2n) is 7.00. The van der Waals surface area contributed by atoms with Crippen molar-refractivity contribution >= 4 is 17.5 Å². The van der Waals surface area contributed by atoms with Gasteiger partial charge in [-0.05, 0) is 42.7 Å². The van der Waals surface area contributed by atoms with Gasteiger partial charge in [0, 0.05) is 45.0 Å². The normalized spacial score (nSPS) is 17.2. The minimum Gasteiger partial charge on any atom is -0.302 e. The molecular formula is C19H27ClN4O2. The lowest BCUT2D eigenvalue weighted by molar-refractivity contribution is -0.181. The first-order chi connectivity index (χ1) is 12.2. The topological polar surface area (TPSA) is 59.8 Å². The number of rotatable bonds is 5. The maximum Gasteiger partial charge on any atom is 0.242 e. The number of hydrogen-bond acceptors (Lipinski definition) is 5. The molecule has 1 saturated heterocycles. The highest BCUT2D eigenvalue weighted by Gasteiger charge is 2.44. The number of carbonyl (C=O) groups is 1. The van der Waals surface area contributed by atoms with Gasteiger partial charge in [0.15, 0.2) is 0 Å². The molecule has 0 saturated carbocycles. The highest BCUT2D eigenvalue weighted by Crippen LogP contribution is 2.31. The van der Waals surface area contributed by atoms with E-state index >= 15 is 0 Å². The highest BCUT2D eigenvalue weighted by molar-refractivity contribution is 6.30. The predicted octanol–water partition coefficient (Wildman–Crippen LogP) is 2.72. The zero-order chi connectivity index (χ0) is 19.5. The summed E-state index contributed by atoms with van der Waals surface area (Å²) in [7, 11) is 5.24. The van der Waals surface area contributed by atoms with E-state index < -0.39 is 5.54 Å². The summed E-state index contributed by atoms with van der Waals surface area (Å²) in [5.74, 6) is -0.0871. The molecule has 6 nitrogen and oxygen atoms in total. The number of nitrogens with zero attached hydrogens (tertiary/aromatic N) is 4. The Hall–Kier alpha value is -1.65. The van der Waals surface area contributed by atoms with Crippen molar-refractivity contribution in [1.82, 2.24) is 15.1 Å². The number of piperidine rings is 1. The van der Waals surface area contributed by atoms with Crippen LogP contribution in [0.25, 0.3) is 0 Å². The van der Waals surface area contributed by atoms with Gasteiger partial charge in [-0.25, -0.2) is 5.01 Å². The number of hydrazine groups is 1. The number of carbonyl (C=O) groups excluding carboxylic acids is 1. The van der Waals surface area contributed by atoms with Gasteiger partial charge in [-0.2, -0.15) is 10.3 Å². The largest absolute Gasteiger partial charge is 0.302 e. The number of amides is 1. The fourth-order valence-electron chi connectivity index (χ4n) is 3.70. The Morgan fingerprint density at radius 3 is 2.27 bits per heavy atom. The summed E-state index contributed by atoms with van der Waals surface area (Å²) in [4.78, 5) is 18.5. The highest BCUT2D eigenvalue weighted by atomic mass is 35.5. The molecule has 0 N–H and O–H groups in total. The van der Waals surface area contributed by atoms with E-state index in [-0.39, 0.29) is 12.3 Å². The van der Waals surface area contributed by atoms with Crippen LogP contribution in [0, 0.1) is 25.2 Å². The fourth-order valence-corrected chi connectivity index (χ4v) is 4.03. The molecule has 0 aromatic heterocycles. The number of hydrogen-bond donors (Lipinski definition) is 0. The van der Waals surface area contributed by atoms with Gasteiger partial charge in [-0.3, -0.25) is 9.80 Å². The van der Waals surface area contributed by atoms with Crippen molar-refractivity contribution in [1.29, 1.82) is 5.26 Å². The summed E-state index contributed by atoms with van der Waals surface area (Å²) in [6.07, 6.45) is 1.32. The van der Waals surface area contributed by atoms with Gasteiger partial charge >= 0.3 is 0 Å². The lowest BCUT2D eigenvalue weighted by Gasteiger charge is -2.46. The Labute approximate surface area is 160 Å². The van der Waals surface area contributed by atoms with Crippen LogP contribution in [0.2, 0.25) is 5.02 Å². The lowest BCUT2D eigenvalue weighted by atomic mass is 9.88. The number of aryl methyl sites for hydroxylation is 2. The van der Waals surface area contributed by atoms with Gasteiger partial charge in [0.1, 0.15) is 5.54 Å². The maximum atomic E-state index is 13.2. The van der Waals surface area contributed by atoms with Crippen molar-refractivity contribution in [2.75, 3.05) is 34.3 Å². The zero-order valence-corrected chi connectivity index (χ0v) is 16.9. The van der Waals surface area contributed by atoms with Gasteiger partial charge in [-0.15, -0.1) is 0 Å². The van der Waals surface area contributed by atoms with E-state index in [1.165, 1.54) is 0 Å². The monoisotopic (exact) mass is 378 g/mol. The molecule has 0 aliphatic carbocycles. The van der Waals surface area contributed by atoms with Gasteiger partial charge in [-0.1, -0.05) is 11.6 Å². The molecule has 0 spiro atoms. The number of nitriles is 1. The van der Waals surface area contributed by atoms with Gasteiger partial charge in [0.25, 0.3) is 0 Å². The van der Waals surface area contributed by atoms with Crippen molar-refractivity contribution in [3.63, 3.8) is 0 Å². The molecule has 1 fully saturated rings. The van der Waals surface area contributed by atoms with Crippen LogP contribution in [0.15, 0.2) is 12.1 Å². The van der Waals surface area contributed by atoms with Crippen LogP contribution in [-0.4, -0.2) is 60.8 Å². The molecule has 0 bridgehead atoms. The first kappa shape index (κ1) is 20.7. The summed E-state index contributed by atoms with van der Waals surface area (Å²) in [6, 6.07) is 6.15. The Kier molecular flexibility index (Phi) is 6.64. The van der Waals surface area contributed by atoms with Crippen LogP contribution in [-0.2, 0) is 16.1 Å². The third-order valence-corrected chi connectivity index (χ3v) is 5.26. The van der Waals surface area contributed by atoms with E-state index in [2.05, 4.69) is 6.07 Å². The molecule has 0 atom stereocenters. The van der Waals surface area contributed by atoms with Crippen molar-refractivity contribution < 1.29 is 9.63 Å². The second-order valence-corrected chi connectivity index (χ2v) is 7.44. The quantitative estimate of drug-likeness (QED) is 0.737.